The topological polar surface area (TPSA) is 0 Å². The lowest BCUT2D eigenvalue weighted by Gasteiger charge is -2.07. The Morgan fingerprint density at radius 2 is 1.61 bits per heavy atom. The van der Waals surface area contributed by atoms with E-state index in [0.29, 0.717) is 0 Å². The molecule has 1 aliphatic rings. The molecule has 0 fully saturated rings. The predicted octanol–water partition coefficient (Wildman–Crippen LogP) is 5.01. The van der Waals surface area contributed by atoms with Crippen molar-refractivity contribution in [2.75, 3.05) is 0 Å². The van der Waals surface area contributed by atoms with Crippen molar-refractivity contribution in [1.82, 2.24) is 0 Å². The first-order valence-electron chi connectivity index (χ1n) is 6.70. The molecule has 0 unspecified atom stereocenters. The van der Waals surface area contributed by atoms with E-state index in [4.69, 9.17) is 0 Å². The molecule has 0 radical (unpaired) electrons. The molecule has 0 amide bonds. The van der Waals surface area contributed by atoms with Crippen molar-refractivity contribution >= 4 is 5.57 Å². The van der Waals surface area contributed by atoms with Crippen LogP contribution < -0.4 is 0 Å². The maximum atomic E-state index is 2.33. The van der Waals surface area contributed by atoms with Crippen molar-refractivity contribution in [1.29, 1.82) is 0 Å². The van der Waals surface area contributed by atoms with E-state index in [9.17, 15) is 0 Å². The number of benzene rings is 2. The molecule has 0 N–H and O–H groups in total. The SMILES string of the molecule is CC.Cc1ccc2c(c1)C(c1ccccc1)=CC2. The average Bonchev–Trinajstić information content (AvgIpc) is 2.85. The third-order valence-electron chi connectivity index (χ3n) is 3.17. The lowest BCUT2D eigenvalue weighted by Crippen LogP contribution is -1.87. The standard InChI is InChI=1S/C16H14.C2H6/c1-12-7-8-14-9-10-15(16(14)11-12)13-5-3-2-4-6-13;1-2/h2-8,10-11H,9H2,1H3;1-2H3. The molecule has 2 aromatic carbocycles. The molecule has 0 aliphatic heterocycles. The molecule has 0 saturated heterocycles. The van der Waals surface area contributed by atoms with Gasteiger partial charge >= 0.3 is 0 Å². The van der Waals surface area contributed by atoms with Gasteiger partial charge in [0.15, 0.2) is 0 Å². The second-order valence-electron chi connectivity index (χ2n) is 4.35. The summed E-state index contributed by atoms with van der Waals surface area (Å²) in [5, 5.41) is 0. The van der Waals surface area contributed by atoms with Crippen molar-refractivity contribution in [3.63, 3.8) is 0 Å². The van der Waals surface area contributed by atoms with Gasteiger partial charge in [-0.15, -0.1) is 0 Å². The molecule has 0 nitrogen and oxygen atoms in total. The van der Waals surface area contributed by atoms with Crippen LogP contribution in [0.15, 0.2) is 54.6 Å². The smallest absolute Gasteiger partial charge is 0.00819 e. The zero-order chi connectivity index (χ0) is 13.0. The summed E-state index contributed by atoms with van der Waals surface area (Å²) in [6.07, 6.45) is 3.40. The highest BCUT2D eigenvalue weighted by Crippen LogP contribution is 2.32. The Kier molecular flexibility index (Phi) is 3.99. The lowest BCUT2D eigenvalue weighted by molar-refractivity contribution is 1.29. The van der Waals surface area contributed by atoms with Gasteiger partial charge in [0.05, 0.1) is 0 Å². The minimum atomic E-state index is 1.07. The van der Waals surface area contributed by atoms with Crippen LogP contribution in [-0.4, -0.2) is 0 Å². The summed E-state index contributed by atoms with van der Waals surface area (Å²) >= 11 is 0. The van der Waals surface area contributed by atoms with Crippen LogP contribution in [0.3, 0.4) is 0 Å². The lowest BCUT2D eigenvalue weighted by atomic mass is 9.98. The normalized spacial score (nSPS) is 12.3. The van der Waals surface area contributed by atoms with Gasteiger partial charge in [-0.25, -0.2) is 0 Å². The number of hydrogen-bond donors (Lipinski definition) is 0. The number of allylic oxidation sites excluding steroid dienone is 1. The molecule has 0 heteroatoms. The van der Waals surface area contributed by atoms with Crippen LogP contribution in [0, 0.1) is 6.92 Å². The summed E-state index contributed by atoms with van der Waals surface area (Å²) in [5.41, 5.74) is 6.91. The molecule has 92 valence electrons. The van der Waals surface area contributed by atoms with E-state index in [2.05, 4.69) is 61.5 Å². The zero-order valence-electron chi connectivity index (χ0n) is 11.4. The Balaban J connectivity index is 0.000000574. The zero-order valence-corrected chi connectivity index (χ0v) is 11.4. The number of aryl methyl sites for hydroxylation is 1. The van der Waals surface area contributed by atoms with Gasteiger partial charge in [0.1, 0.15) is 0 Å². The van der Waals surface area contributed by atoms with Gasteiger partial charge < -0.3 is 0 Å². The fourth-order valence-electron chi connectivity index (χ4n) is 2.33. The Hall–Kier alpha value is -1.82. The fraction of sp³-hybridized carbons (Fsp3) is 0.222. The molecular formula is C18H20. The first kappa shape index (κ1) is 12.6. The number of rotatable bonds is 1. The van der Waals surface area contributed by atoms with Crippen molar-refractivity contribution in [3.8, 4) is 0 Å². The van der Waals surface area contributed by atoms with Gasteiger partial charge in [-0.3, -0.25) is 0 Å². The van der Waals surface area contributed by atoms with E-state index in [-0.39, 0.29) is 0 Å². The molecule has 1 aliphatic carbocycles. The van der Waals surface area contributed by atoms with Gasteiger partial charge in [0.2, 0.25) is 0 Å². The van der Waals surface area contributed by atoms with E-state index in [1.165, 1.54) is 27.8 Å². The van der Waals surface area contributed by atoms with Crippen LogP contribution in [-0.2, 0) is 6.42 Å². The van der Waals surface area contributed by atoms with Crippen molar-refractivity contribution in [2.45, 2.75) is 27.2 Å². The first-order valence-corrected chi connectivity index (χ1v) is 6.70. The number of hydrogen-bond acceptors (Lipinski definition) is 0. The van der Waals surface area contributed by atoms with Gasteiger partial charge in [0, 0.05) is 0 Å². The van der Waals surface area contributed by atoms with E-state index >= 15 is 0 Å². The van der Waals surface area contributed by atoms with Crippen molar-refractivity contribution in [2.24, 2.45) is 0 Å². The van der Waals surface area contributed by atoms with Crippen LogP contribution in [0.25, 0.3) is 5.57 Å². The molecule has 0 heterocycles. The summed E-state index contributed by atoms with van der Waals surface area (Å²) in [6, 6.07) is 17.4. The van der Waals surface area contributed by atoms with E-state index in [1.807, 2.05) is 13.8 Å². The molecule has 18 heavy (non-hydrogen) atoms. The van der Waals surface area contributed by atoms with E-state index < -0.39 is 0 Å². The van der Waals surface area contributed by atoms with Crippen LogP contribution in [0.1, 0.15) is 36.1 Å². The molecule has 2 aromatic rings. The minimum absolute atomic E-state index is 1.07. The average molecular weight is 236 g/mol. The summed E-state index contributed by atoms with van der Waals surface area (Å²) in [7, 11) is 0. The maximum absolute atomic E-state index is 2.33. The highest BCUT2D eigenvalue weighted by atomic mass is 14.2. The summed E-state index contributed by atoms with van der Waals surface area (Å²) in [6.45, 7) is 6.15. The van der Waals surface area contributed by atoms with E-state index in [0.717, 1.165) is 6.42 Å². The first-order chi connectivity index (χ1) is 8.84. The molecule has 3 rings (SSSR count). The van der Waals surface area contributed by atoms with Crippen LogP contribution in [0.4, 0.5) is 0 Å². The maximum Gasteiger partial charge on any atom is -0.00819 e. The van der Waals surface area contributed by atoms with Crippen molar-refractivity contribution < 1.29 is 0 Å². The van der Waals surface area contributed by atoms with E-state index in [1.54, 1.807) is 0 Å². The molecule has 0 atom stereocenters. The minimum Gasteiger partial charge on any atom is -0.0716 e. The second-order valence-corrected chi connectivity index (χ2v) is 4.35. The quantitative estimate of drug-likeness (QED) is 0.653. The Morgan fingerprint density at radius 3 is 2.33 bits per heavy atom. The Bertz CT molecular complexity index is 548. The molecule has 0 bridgehead atoms. The summed E-state index contributed by atoms with van der Waals surface area (Å²) < 4.78 is 0. The Morgan fingerprint density at radius 1 is 0.889 bits per heavy atom. The molecular weight excluding hydrogens is 216 g/mol. The van der Waals surface area contributed by atoms with Crippen LogP contribution in [0.5, 0.6) is 0 Å². The van der Waals surface area contributed by atoms with Crippen LogP contribution in [0.2, 0.25) is 0 Å². The van der Waals surface area contributed by atoms with Crippen LogP contribution >= 0.6 is 0 Å². The highest BCUT2D eigenvalue weighted by molar-refractivity contribution is 5.84. The van der Waals surface area contributed by atoms with Gasteiger partial charge in [0.25, 0.3) is 0 Å². The molecule has 0 aromatic heterocycles. The van der Waals surface area contributed by atoms with Crippen molar-refractivity contribution in [3.05, 3.63) is 76.9 Å². The fourth-order valence-corrected chi connectivity index (χ4v) is 2.33. The molecule has 0 saturated carbocycles. The highest BCUT2D eigenvalue weighted by Gasteiger charge is 2.14. The van der Waals surface area contributed by atoms with Gasteiger partial charge in [-0.1, -0.05) is 74.0 Å². The summed E-state index contributed by atoms with van der Waals surface area (Å²) in [5.74, 6) is 0. The second kappa shape index (κ2) is 5.68. The Labute approximate surface area is 110 Å². The van der Waals surface area contributed by atoms with Gasteiger partial charge in [-0.2, -0.15) is 0 Å². The third kappa shape index (κ3) is 2.38. The summed E-state index contributed by atoms with van der Waals surface area (Å²) in [4.78, 5) is 0. The largest absolute Gasteiger partial charge is 0.0716 e. The third-order valence-corrected chi connectivity index (χ3v) is 3.17. The molecule has 0 spiro atoms. The van der Waals surface area contributed by atoms with Gasteiger partial charge in [-0.05, 0) is 35.6 Å². The number of fused-ring (bicyclic) bond motifs is 1. The predicted molar refractivity (Wildman–Crippen MR) is 79.8 cm³/mol. The monoisotopic (exact) mass is 236 g/mol.